The highest BCUT2D eigenvalue weighted by atomic mass is 16.7. The Kier molecular flexibility index (Phi) is 3.85. The highest BCUT2D eigenvalue weighted by Crippen LogP contribution is 2.01. The second kappa shape index (κ2) is 5.17. The molecule has 1 aromatic carbocycles. The van der Waals surface area contributed by atoms with Crippen LogP contribution in [0.5, 0.6) is 0 Å². The largest absolute Gasteiger partial charge is 0.365 e. The number of carbonyl (C=O) groups is 1. The second-order valence-electron chi connectivity index (χ2n) is 2.92. The summed E-state index contributed by atoms with van der Waals surface area (Å²) in [6.07, 6.45) is 0.780. The Morgan fingerprint density at radius 2 is 2.00 bits per heavy atom. The molecule has 0 aliphatic rings. The predicted octanol–water partition coefficient (Wildman–Crippen LogP) is 2.63. The van der Waals surface area contributed by atoms with Crippen LogP contribution in [0.1, 0.15) is 30.6 Å². The zero-order valence-corrected chi connectivity index (χ0v) is 8.36. The Bertz CT molecular complexity index is 330. The van der Waals surface area contributed by atoms with Crippen molar-refractivity contribution in [3.05, 3.63) is 35.9 Å². The van der Waals surface area contributed by atoms with Crippen LogP contribution in [0.4, 0.5) is 0 Å². The van der Waals surface area contributed by atoms with Gasteiger partial charge in [-0.1, -0.05) is 30.3 Å². The van der Waals surface area contributed by atoms with Crippen LogP contribution in [0.2, 0.25) is 0 Å². The third kappa shape index (κ3) is 3.01. The molecule has 0 spiro atoms. The summed E-state index contributed by atoms with van der Waals surface area (Å²) in [7, 11) is 0. The van der Waals surface area contributed by atoms with E-state index in [1.165, 1.54) is 0 Å². The van der Waals surface area contributed by atoms with Crippen molar-refractivity contribution in [3.63, 3.8) is 0 Å². The normalized spacial score (nSPS) is 11.1. The van der Waals surface area contributed by atoms with E-state index < -0.39 is 5.97 Å². The summed E-state index contributed by atoms with van der Waals surface area (Å²) >= 11 is 0. The Balaban J connectivity index is 2.60. The monoisotopic (exact) mass is 191 g/mol. The molecule has 0 N–H and O–H groups in total. The molecule has 0 aromatic heterocycles. The maximum absolute atomic E-state index is 11.3. The SMILES string of the molecule is CC/C(C)=N/OC(=O)c1ccccc1. The van der Waals surface area contributed by atoms with Crippen LogP contribution in [0.15, 0.2) is 35.5 Å². The molecule has 0 amide bonds. The van der Waals surface area contributed by atoms with Crippen LogP contribution in [0.3, 0.4) is 0 Å². The van der Waals surface area contributed by atoms with Gasteiger partial charge in [0.1, 0.15) is 0 Å². The Morgan fingerprint density at radius 1 is 1.36 bits per heavy atom. The summed E-state index contributed by atoms with van der Waals surface area (Å²) in [5, 5.41) is 3.69. The molecule has 74 valence electrons. The lowest BCUT2D eigenvalue weighted by Gasteiger charge is -1.98. The first-order chi connectivity index (χ1) is 6.74. The quantitative estimate of drug-likeness (QED) is 0.418. The molecule has 14 heavy (non-hydrogen) atoms. The van der Waals surface area contributed by atoms with Gasteiger partial charge in [-0.15, -0.1) is 0 Å². The summed E-state index contributed by atoms with van der Waals surface area (Å²) in [6, 6.07) is 8.80. The summed E-state index contributed by atoms with van der Waals surface area (Å²) in [4.78, 5) is 16.1. The summed E-state index contributed by atoms with van der Waals surface area (Å²) in [5.41, 5.74) is 1.31. The fraction of sp³-hybridized carbons (Fsp3) is 0.273. The van der Waals surface area contributed by atoms with Crippen LogP contribution in [-0.2, 0) is 4.84 Å². The van der Waals surface area contributed by atoms with E-state index >= 15 is 0 Å². The summed E-state index contributed by atoms with van der Waals surface area (Å²) in [5.74, 6) is -0.418. The minimum atomic E-state index is -0.418. The van der Waals surface area contributed by atoms with Crippen LogP contribution in [0, 0.1) is 0 Å². The van der Waals surface area contributed by atoms with Crippen LogP contribution in [-0.4, -0.2) is 11.7 Å². The van der Waals surface area contributed by atoms with Crippen LogP contribution >= 0.6 is 0 Å². The molecular weight excluding hydrogens is 178 g/mol. The number of nitrogens with zero attached hydrogens (tertiary/aromatic N) is 1. The number of oxime groups is 1. The number of hydrogen-bond donors (Lipinski definition) is 0. The molecule has 0 heterocycles. The number of rotatable bonds is 3. The molecule has 3 heteroatoms. The van der Waals surface area contributed by atoms with Crippen molar-refractivity contribution in [2.24, 2.45) is 5.16 Å². The van der Waals surface area contributed by atoms with E-state index in [0.29, 0.717) is 5.56 Å². The zero-order valence-electron chi connectivity index (χ0n) is 8.36. The lowest BCUT2D eigenvalue weighted by Crippen LogP contribution is -2.02. The van der Waals surface area contributed by atoms with Gasteiger partial charge < -0.3 is 4.84 Å². The van der Waals surface area contributed by atoms with Gasteiger partial charge in [0.2, 0.25) is 0 Å². The van der Waals surface area contributed by atoms with Crippen molar-refractivity contribution in [2.45, 2.75) is 20.3 Å². The highest BCUT2D eigenvalue weighted by molar-refractivity contribution is 5.90. The molecule has 0 saturated heterocycles. The van der Waals surface area contributed by atoms with Gasteiger partial charge in [-0.3, -0.25) is 0 Å². The third-order valence-corrected chi connectivity index (χ3v) is 1.81. The maximum Gasteiger partial charge on any atom is 0.365 e. The first kappa shape index (κ1) is 10.4. The van der Waals surface area contributed by atoms with Gasteiger partial charge in [-0.05, 0) is 25.5 Å². The molecule has 0 atom stereocenters. The summed E-state index contributed by atoms with van der Waals surface area (Å²) < 4.78 is 0. The van der Waals surface area contributed by atoms with Gasteiger partial charge in [-0.2, -0.15) is 0 Å². The van der Waals surface area contributed by atoms with Crippen molar-refractivity contribution in [2.75, 3.05) is 0 Å². The van der Waals surface area contributed by atoms with E-state index in [2.05, 4.69) is 5.16 Å². The lowest BCUT2D eigenvalue weighted by atomic mass is 10.2. The molecule has 1 aromatic rings. The van der Waals surface area contributed by atoms with Gasteiger partial charge >= 0.3 is 5.97 Å². The Morgan fingerprint density at radius 3 is 2.57 bits per heavy atom. The Hall–Kier alpha value is -1.64. The predicted molar refractivity (Wildman–Crippen MR) is 55.3 cm³/mol. The number of hydrogen-bond acceptors (Lipinski definition) is 3. The number of carbonyl (C=O) groups excluding carboxylic acids is 1. The first-order valence-corrected chi connectivity index (χ1v) is 4.54. The Labute approximate surface area is 83.4 Å². The molecule has 0 aliphatic heterocycles. The van der Waals surface area contributed by atoms with E-state index in [-0.39, 0.29) is 0 Å². The molecule has 0 aliphatic carbocycles. The van der Waals surface area contributed by atoms with E-state index in [1.807, 2.05) is 19.9 Å². The zero-order chi connectivity index (χ0) is 10.4. The van der Waals surface area contributed by atoms with Gasteiger partial charge in [0.15, 0.2) is 0 Å². The van der Waals surface area contributed by atoms with Crippen molar-refractivity contribution in [3.8, 4) is 0 Å². The number of benzene rings is 1. The fourth-order valence-electron chi connectivity index (χ4n) is 0.811. The lowest BCUT2D eigenvalue weighted by molar-refractivity contribution is 0.0515. The van der Waals surface area contributed by atoms with Gasteiger partial charge in [0.25, 0.3) is 0 Å². The highest BCUT2D eigenvalue weighted by Gasteiger charge is 2.04. The average molecular weight is 191 g/mol. The van der Waals surface area contributed by atoms with Crippen molar-refractivity contribution >= 4 is 11.7 Å². The average Bonchev–Trinajstić information content (AvgIpc) is 2.26. The van der Waals surface area contributed by atoms with Crippen LogP contribution < -0.4 is 0 Å². The van der Waals surface area contributed by atoms with Gasteiger partial charge in [0, 0.05) is 0 Å². The van der Waals surface area contributed by atoms with Gasteiger partial charge in [-0.25, -0.2) is 4.79 Å². The molecular formula is C11H13NO2. The molecule has 0 unspecified atom stereocenters. The van der Waals surface area contributed by atoms with E-state index in [1.54, 1.807) is 24.3 Å². The molecule has 0 saturated carbocycles. The fourth-order valence-corrected chi connectivity index (χ4v) is 0.811. The molecule has 1 rings (SSSR count). The minimum Gasteiger partial charge on any atom is -0.313 e. The molecule has 3 nitrogen and oxygen atoms in total. The smallest absolute Gasteiger partial charge is 0.313 e. The minimum absolute atomic E-state index is 0.418. The van der Waals surface area contributed by atoms with E-state index in [4.69, 9.17) is 4.84 Å². The topological polar surface area (TPSA) is 38.7 Å². The third-order valence-electron chi connectivity index (χ3n) is 1.81. The molecule has 0 radical (unpaired) electrons. The second-order valence-corrected chi connectivity index (χ2v) is 2.92. The molecule has 0 fully saturated rings. The van der Waals surface area contributed by atoms with E-state index in [9.17, 15) is 4.79 Å². The van der Waals surface area contributed by atoms with Gasteiger partial charge in [0.05, 0.1) is 11.3 Å². The van der Waals surface area contributed by atoms with Crippen molar-refractivity contribution < 1.29 is 9.63 Å². The first-order valence-electron chi connectivity index (χ1n) is 4.54. The van der Waals surface area contributed by atoms with Crippen LogP contribution in [0.25, 0.3) is 0 Å². The maximum atomic E-state index is 11.3. The molecule has 0 bridgehead atoms. The standard InChI is InChI=1S/C11H13NO2/c1-3-9(2)12-14-11(13)10-7-5-4-6-8-10/h4-8H,3H2,1-2H3/b12-9+. The van der Waals surface area contributed by atoms with Crippen molar-refractivity contribution in [1.82, 2.24) is 0 Å². The van der Waals surface area contributed by atoms with Crippen molar-refractivity contribution in [1.29, 1.82) is 0 Å². The summed E-state index contributed by atoms with van der Waals surface area (Å²) in [6.45, 7) is 3.77. The van der Waals surface area contributed by atoms with E-state index in [0.717, 1.165) is 12.1 Å².